The average molecular weight is 357 g/mol. The topological polar surface area (TPSA) is 76.7 Å². The number of nitrogens with zero attached hydrogens (tertiary/aromatic N) is 2. The SMILES string of the molecule is CC(N)c1cc2cccc(Cl)c2c(=O)n1-c1cc(C(F)(F)F)[nH]n1. The average Bonchev–Trinajstić information content (AvgIpc) is 2.96. The Morgan fingerprint density at radius 1 is 1.33 bits per heavy atom. The highest BCUT2D eigenvalue weighted by Gasteiger charge is 2.33. The van der Waals surface area contributed by atoms with E-state index in [9.17, 15) is 18.0 Å². The van der Waals surface area contributed by atoms with E-state index in [0.717, 1.165) is 10.6 Å². The number of benzene rings is 1. The number of nitrogens with one attached hydrogen (secondary N) is 1. The number of alkyl halides is 3. The molecule has 2 heterocycles. The first kappa shape index (κ1) is 16.5. The maximum absolute atomic E-state index is 12.8. The summed E-state index contributed by atoms with van der Waals surface area (Å²) in [6.07, 6.45) is -4.60. The Labute approximate surface area is 138 Å². The van der Waals surface area contributed by atoms with Crippen molar-refractivity contribution in [1.29, 1.82) is 0 Å². The smallest absolute Gasteiger partial charge is 0.323 e. The zero-order valence-electron chi connectivity index (χ0n) is 12.4. The monoisotopic (exact) mass is 356 g/mol. The van der Waals surface area contributed by atoms with Gasteiger partial charge < -0.3 is 5.73 Å². The van der Waals surface area contributed by atoms with E-state index in [1.807, 2.05) is 5.10 Å². The molecule has 0 radical (unpaired) electrons. The number of nitrogens with two attached hydrogens (primary N) is 1. The number of aromatic nitrogens is 3. The number of hydrogen-bond donors (Lipinski definition) is 2. The van der Waals surface area contributed by atoms with Gasteiger partial charge >= 0.3 is 6.18 Å². The molecule has 1 aromatic carbocycles. The second kappa shape index (κ2) is 5.64. The second-order valence-electron chi connectivity index (χ2n) is 5.34. The molecule has 0 bridgehead atoms. The molecule has 24 heavy (non-hydrogen) atoms. The molecule has 9 heteroatoms. The summed E-state index contributed by atoms with van der Waals surface area (Å²) in [5, 5.41) is 6.46. The fourth-order valence-electron chi connectivity index (χ4n) is 2.48. The van der Waals surface area contributed by atoms with Crippen LogP contribution in [0.3, 0.4) is 0 Å². The van der Waals surface area contributed by atoms with Crippen LogP contribution in [0, 0.1) is 0 Å². The van der Waals surface area contributed by atoms with E-state index >= 15 is 0 Å². The molecule has 0 spiro atoms. The van der Waals surface area contributed by atoms with Gasteiger partial charge in [-0.2, -0.15) is 18.3 Å². The molecule has 126 valence electrons. The Morgan fingerprint density at radius 3 is 2.62 bits per heavy atom. The Bertz CT molecular complexity index is 975. The summed E-state index contributed by atoms with van der Waals surface area (Å²) in [5.74, 6) is -0.193. The van der Waals surface area contributed by atoms with Crippen molar-refractivity contribution in [1.82, 2.24) is 14.8 Å². The largest absolute Gasteiger partial charge is 0.432 e. The molecular formula is C15H12ClF3N4O. The maximum Gasteiger partial charge on any atom is 0.432 e. The van der Waals surface area contributed by atoms with Gasteiger partial charge in [0, 0.05) is 17.8 Å². The van der Waals surface area contributed by atoms with Crippen LogP contribution in [-0.2, 0) is 6.18 Å². The minimum Gasteiger partial charge on any atom is -0.323 e. The van der Waals surface area contributed by atoms with E-state index in [1.54, 1.807) is 25.1 Å². The molecule has 0 saturated carbocycles. The minimum atomic E-state index is -4.60. The van der Waals surface area contributed by atoms with Crippen molar-refractivity contribution in [3.63, 3.8) is 0 Å². The van der Waals surface area contributed by atoms with Gasteiger partial charge in [0.05, 0.1) is 10.4 Å². The lowest BCUT2D eigenvalue weighted by Gasteiger charge is -2.15. The van der Waals surface area contributed by atoms with E-state index in [0.29, 0.717) is 11.1 Å². The molecule has 1 atom stereocenters. The Kier molecular flexibility index (Phi) is 3.89. The first-order valence-corrected chi connectivity index (χ1v) is 7.30. The van der Waals surface area contributed by atoms with Gasteiger partial charge in [-0.05, 0) is 24.4 Å². The summed E-state index contributed by atoms with van der Waals surface area (Å²) in [5.41, 5.74) is 4.58. The fraction of sp³-hybridized carbons (Fsp3) is 0.200. The van der Waals surface area contributed by atoms with Crippen LogP contribution in [0.25, 0.3) is 16.6 Å². The lowest BCUT2D eigenvalue weighted by atomic mass is 10.1. The second-order valence-corrected chi connectivity index (χ2v) is 5.75. The molecule has 0 amide bonds. The summed E-state index contributed by atoms with van der Waals surface area (Å²) < 4.78 is 39.4. The molecule has 0 aliphatic carbocycles. The Hall–Kier alpha value is -2.32. The van der Waals surface area contributed by atoms with Crippen LogP contribution in [0.4, 0.5) is 13.2 Å². The van der Waals surface area contributed by atoms with Crippen molar-refractivity contribution in [3.05, 3.63) is 57.1 Å². The molecule has 5 nitrogen and oxygen atoms in total. The number of hydrogen-bond acceptors (Lipinski definition) is 3. The van der Waals surface area contributed by atoms with Crippen molar-refractivity contribution in [2.75, 3.05) is 0 Å². The van der Waals surface area contributed by atoms with Crippen molar-refractivity contribution in [2.45, 2.75) is 19.1 Å². The van der Waals surface area contributed by atoms with Gasteiger partial charge in [-0.15, -0.1) is 0 Å². The van der Waals surface area contributed by atoms with Crippen LogP contribution in [0.5, 0.6) is 0 Å². The molecule has 2 aromatic heterocycles. The molecule has 0 aliphatic heterocycles. The number of halogens is 4. The summed E-state index contributed by atoms with van der Waals surface area (Å²) >= 11 is 6.08. The molecule has 1 unspecified atom stereocenters. The van der Waals surface area contributed by atoms with Crippen molar-refractivity contribution >= 4 is 22.4 Å². The third-order valence-corrected chi connectivity index (χ3v) is 3.90. The van der Waals surface area contributed by atoms with Crippen molar-refractivity contribution < 1.29 is 13.2 Å². The van der Waals surface area contributed by atoms with Crippen LogP contribution < -0.4 is 11.3 Å². The summed E-state index contributed by atoms with van der Waals surface area (Å²) in [6, 6.07) is 6.67. The van der Waals surface area contributed by atoms with Crippen LogP contribution in [-0.4, -0.2) is 14.8 Å². The predicted molar refractivity (Wildman–Crippen MR) is 84.3 cm³/mol. The standard InChI is InChI=1S/C15H12ClF3N4O/c1-7(20)10-5-8-3-2-4-9(16)13(8)14(24)23(10)12-6-11(21-22-12)15(17,18)19/h2-7H,20H2,1H3,(H,21,22). The predicted octanol–water partition coefficient (Wildman–Crippen LogP) is 3.41. The van der Waals surface area contributed by atoms with Crippen LogP contribution in [0.15, 0.2) is 35.1 Å². The quantitative estimate of drug-likeness (QED) is 0.738. The Balaban J connectivity index is 2.36. The molecule has 0 fully saturated rings. The highest BCUT2D eigenvalue weighted by atomic mass is 35.5. The van der Waals surface area contributed by atoms with Gasteiger partial charge in [0.25, 0.3) is 5.56 Å². The Morgan fingerprint density at radius 2 is 2.04 bits per heavy atom. The molecule has 3 rings (SSSR count). The summed E-state index contributed by atoms with van der Waals surface area (Å²) in [6.45, 7) is 1.62. The van der Waals surface area contributed by atoms with Crippen LogP contribution in [0.2, 0.25) is 5.02 Å². The molecule has 0 saturated heterocycles. The normalized spacial score (nSPS) is 13.4. The molecule has 3 N–H and O–H groups in total. The first-order chi connectivity index (χ1) is 11.2. The van der Waals surface area contributed by atoms with Crippen molar-refractivity contribution in [3.8, 4) is 5.82 Å². The summed E-state index contributed by atoms with van der Waals surface area (Å²) in [7, 11) is 0. The van der Waals surface area contributed by atoms with Gasteiger partial charge in [-0.1, -0.05) is 23.7 Å². The van der Waals surface area contributed by atoms with Crippen molar-refractivity contribution in [2.24, 2.45) is 5.73 Å². The van der Waals surface area contributed by atoms with E-state index in [-0.39, 0.29) is 16.2 Å². The lowest BCUT2D eigenvalue weighted by molar-refractivity contribution is -0.141. The van der Waals surface area contributed by atoms with E-state index in [1.165, 1.54) is 6.07 Å². The molecule has 0 aliphatic rings. The van der Waals surface area contributed by atoms with Gasteiger partial charge in [0.15, 0.2) is 5.82 Å². The highest BCUT2D eigenvalue weighted by Crippen LogP contribution is 2.29. The molecule has 3 aromatic rings. The van der Waals surface area contributed by atoms with E-state index < -0.39 is 23.5 Å². The summed E-state index contributed by atoms with van der Waals surface area (Å²) in [4.78, 5) is 12.8. The van der Waals surface area contributed by atoms with Gasteiger partial charge in [-0.25, -0.2) is 0 Å². The number of H-pyrrole nitrogens is 1. The van der Waals surface area contributed by atoms with Crippen LogP contribution in [0.1, 0.15) is 24.4 Å². The van der Waals surface area contributed by atoms with Gasteiger partial charge in [-0.3, -0.25) is 14.5 Å². The third kappa shape index (κ3) is 2.67. The number of fused-ring (bicyclic) bond motifs is 1. The number of rotatable bonds is 2. The van der Waals surface area contributed by atoms with Crippen LogP contribution >= 0.6 is 11.6 Å². The van der Waals surface area contributed by atoms with Gasteiger partial charge in [0.1, 0.15) is 5.69 Å². The van der Waals surface area contributed by atoms with E-state index in [2.05, 4.69) is 5.10 Å². The minimum absolute atomic E-state index is 0.193. The zero-order chi connectivity index (χ0) is 17.6. The highest BCUT2D eigenvalue weighted by molar-refractivity contribution is 6.35. The van der Waals surface area contributed by atoms with Gasteiger partial charge in [0.2, 0.25) is 0 Å². The zero-order valence-corrected chi connectivity index (χ0v) is 13.1. The number of pyridine rings is 1. The molecular weight excluding hydrogens is 345 g/mol. The third-order valence-electron chi connectivity index (χ3n) is 3.59. The van der Waals surface area contributed by atoms with E-state index in [4.69, 9.17) is 17.3 Å². The fourth-order valence-corrected chi connectivity index (χ4v) is 2.74. The number of aromatic amines is 1. The maximum atomic E-state index is 12.8. The lowest BCUT2D eigenvalue weighted by Crippen LogP contribution is -2.26. The first-order valence-electron chi connectivity index (χ1n) is 6.93.